The van der Waals surface area contributed by atoms with E-state index in [9.17, 15) is 4.57 Å². The molecule has 0 saturated carbocycles. The van der Waals surface area contributed by atoms with Crippen LogP contribution in [-0.2, 0) is 9.09 Å². The Morgan fingerprint density at radius 1 is 1.16 bits per heavy atom. The maximum Gasteiger partial charge on any atom is 0.347 e. The highest BCUT2D eigenvalue weighted by atomic mass is 35.5. The van der Waals surface area contributed by atoms with Crippen molar-refractivity contribution in [1.29, 1.82) is 0 Å². The van der Waals surface area contributed by atoms with Crippen molar-refractivity contribution in [2.24, 2.45) is 0 Å². The smallest absolute Gasteiger partial charge is 0.300 e. The van der Waals surface area contributed by atoms with Crippen molar-refractivity contribution in [3.05, 3.63) is 0 Å². The summed E-state index contributed by atoms with van der Waals surface area (Å²) in [5.74, 6) is 0.433. The van der Waals surface area contributed by atoms with E-state index < -0.39 is 13.3 Å². The van der Waals surface area contributed by atoms with E-state index in [0.717, 1.165) is 13.0 Å². The summed E-state index contributed by atoms with van der Waals surface area (Å²) in [7, 11) is 2.19. The Hall–Kier alpha value is 1.26. The number of hydrogen-bond acceptors (Lipinski definition) is 2. The highest BCUT2D eigenvalue weighted by Gasteiger charge is 2.40. The largest absolute Gasteiger partial charge is 0.347 e. The van der Waals surface area contributed by atoms with Crippen LogP contribution in [0.2, 0.25) is 0 Å². The van der Waals surface area contributed by atoms with Gasteiger partial charge in [0.1, 0.15) is 0 Å². The second-order valence-corrected chi connectivity index (χ2v) is 8.61. The van der Waals surface area contributed by atoms with Gasteiger partial charge in [0.25, 0.3) is 0 Å². The van der Waals surface area contributed by atoms with Crippen molar-refractivity contribution < 1.29 is 9.09 Å². The average Bonchev–Trinajstić information content (AvgIpc) is 2.30. The number of alkyl halides is 1. The topological polar surface area (TPSA) is 32.8 Å². The van der Waals surface area contributed by atoms with E-state index in [-0.39, 0.29) is 0 Å². The molecule has 3 unspecified atom stereocenters. The third-order valence-electron chi connectivity index (χ3n) is 2.35. The van der Waals surface area contributed by atoms with Crippen molar-refractivity contribution in [1.82, 2.24) is 9.34 Å². The number of rotatable bonds is 9. The predicted octanol–water partition coefficient (Wildman–Crippen LogP) is 3.83. The first-order valence-corrected chi connectivity index (χ1v) is 10.2. The fourth-order valence-corrected chi connectivity index (χ4v) is 6.09. The maximum atomic E-state index is 13.4. The Bertz CT molecular complexity index is 282. The van der Waals surface area contributed by atoms with E-state index in [1.807, 2.05) is 30.1 Å². The molecule has 0 bridgehead atoms. The second-order valence-electron chi connectivity index (χ2n) is 5.21. The Balaban J connectivity index is 5.36. The molecule has 3 atom stereocenters. The van der Waals surface area contributed by atoms with E-state index >= 15 is 0 Å². The molecular formula is C11H28ClN2O2P3. The Kier molecular flexibility index (Phi) is 9.93. The van der Waals surface area contributed by atoms with Crippen LogP contribution < -0.4 is 0 Å². The normalized spacial score (nSPS) is 16.1. The monoisotopic (exact) mass is 348 g/mol. The first-order valence-electron chi connectivity index (χ1n) is 6.53. The summed E-state index contributed by atoms with van der Waals surface area (Å²) in [4.78, 5) is 0. The maximum absolute atomic E-state index is 13.4. The van der Waals surface area contributed by atoms with Crippen LogP contribution >= 0.6 is 37.8 Å². The zero-order valence-electron chi connectivity index (χ0n) is 12.4. The summed E-state index contributed by atoms with van der Waals surface area (Å²) in [5.41, 5.74) is -0.467. The molecule has 0 heterocycles. The molecule has 0 fully saturated rings. The molecule has 116 valence electrons. The zero-order valence-corrected chi connectivity index (χ0v) is 16.4. The van der Waals surface area contributed by atoms with Gasteiger partial charge < -0.3 is 4.52 Å². The summed E-state index contributed by atoms with van der Waals surface area (Å²) in [6, 6.07) is 0. The van der Waals surface area contributed by atoms with E-state index in [1.165, 1.54) is 0 Å². The molecule has 0 saturated heterocycles. The minimum Gasteiger partial charge on any atom is -0.300 e. The van der Waals surface area contributed by atoms with Gasteiger partial charge in [0.2, 0.25) is 0 Å². The molecule has 0 N–H and O–H groups in total. The SMILES string of the molecule is CCCN(CP)P(=O)(OC(C)(C)C)N(CP)CCCl. The number of nitrogens with zero attached hydrogens (tertiary/aromatic N) is 2. The molecule has 0 spiro atoms. The fraction of sp³-hybridized carbons (Fsp3) is 1.00. The van der Waals surface area contributed by atoms with E-state index in [0.29, 0.717) is 25.0 Å². The van der Waals surface area contributed by atoms with E-state index in [4.69, 9.17) is 16.1 Å². The second kappa shape index (κ2) is 9.31. The van der Waals surface area contributed by atoms with E-state index in [2.05, 4.69) is 25.4 Å². The minimum atomic E-state index is -3.05. The van der Waals surface area contributed by atoms with Gasteiger partial charge in [-0.3, -0.25) is 4.57 Å². The van der Waals surface area contributed by atoms with Crippen LogP contribution in [0.5, 0.6) is 0 Å². The number of halogens is 1. The van der Waals surface area contributed by atoms with Gasteiger partial charge >= 0.3 is 7.67 Å². The summed E-state index contributed by atoms with van der Waals surface area (Å²) in [6.07, 6.45) is 2.12. The fourth-order valence-electron chi connectivity index (χ4n) is 1.65. The average molecular weight is 349 g/mol. The standard InChI is InChI=1S/C11H28ClN2O2P3/c1-5-7-13(9-17)19(15,16-11(2,3)4)14(10-18)8-6-12/h5-10,17-18H2,1-4H3. The summed E-state index contributed by atoms with van der Waals surface area (Å²) in [6.45, 7) is 9.13. The predicted molar refractivity (Wildman–Crippen MR) is 92.0 cm³/mol. The summed E-state index contributed by atoms with van der Waals surface area (Å²) >= 11 is 5.83. The van der Waals surface area contributed by atoms with Gasteiger partial charge in [-0.2, -0.15) is 0 Å². The molecule has 8 heteroatoms. The molecule has 0 aliphatic carbocycles. The Morgan fingerprint density at radius 3 is 1.95 bits per heavy atom. The van der Waals surface area contributed by atoms with Crippen LogP contribution in [0.4, 0.5) is 0 Å². The molecule has 0 radical (unpaired) electrons. The lowest BCUT2D eigenvalue weighted by atomic mass is 10.2. The van der Waals surface area contributed by atoms with Crippen LogP contribution in [-0.4, -0.2) is 46.5 Å². The lowest BCUT2D eigenvalue weighted by Crippen LogP contribution is -2.37. The van der Waals surface area contributed by atoms with E-state index in [1.54, 1.807) is 0 Å². The molecule has 0 aliphatic heterocycles. The molecule has 0 rings (SSSR count). The molecular weight excluding hydrogens is 321 g/mol. The number of hydrogen-bond donors (Lipinski definition) is 0. The van der Waals surface area contributed by atoms with Gasteiger partial charge in [0.05, 0.1) is 5.60 Å². The summed E-state index contributed by atoms with van der Waals surface area (Å²) in [5, 5.41) is 0. The van der Waals surface area contributed by atoms with Crippen LogP contribution in [0.3, 0.4) is 0 Å². The Labute approximate surface area is 127 Å². The van der Waals surface area contributed by atoms with Crippen molar-refractivity contribution in [3.63, 3.8) is 0 Å². The molecule has 0 aromatic rings. The van der Waals surface area contributed by atoms with Crippen LogP contribution in [0, 0.1) is 0 Å². The highest BCUT2D eigenvalue weighted by molar-refractivity contribution is 7.54. The molecule has 0 aliphatic rings. The molecule has 19 heavy (non-hydrogen) atoms. The quantitative estimate of drug-likeness (QED) is 0.468. The molecule has 0 amide bonds. The first kappa shape index (κ1) is 20.3. The van der Waals surface area contributed by atoms with Gasteiger partial charge in [0, 0.05) is 31.5 Å². The first-order chi connectivity index (χ1) is 8.75. The Morgan fingerprint density at radius 2 is 1.63 bits per heavy atom. The third-order valence-corrected chi connectivity index (χ3v) is 6.96. The zero-order chi connectivity index (χ0) is 15.1. The van der Waals surface area contributed by atoms with Crippen LogP contribution in [0.1, 0.15) is 34.1 Å². The third kappa shape index (κ3) is 6.70. The minimum absolute atomic E-state index is 0.433. The lowest BCUT2D eigenvalue weighted by molar-refractivity contribution is 0.0982. The van der Waals surface area contributed by atoms with Crippen molar-refractivity contribution >= 4 is 37.8 Å². The van der Waals surface area contributed by atoms with Crippen molar-refractivity contribution in [2.45, 2.75) is 39.7 Å². The molecule has 0 aromatic heterocycles. The van der Waals surface area contributed by atoms with Gasteiger partial charge in [-0.1, -0.05) is 6.92 Å². The van der Waals surface area contributed by atoms with Crippen molar-refractivity contribution in [3.8, 4) is 0 Å². The summed E-state index contributed by atoms with van der Waals surface area (Å²) < 4.78 is 23.1. The molecule has 0 aromatic carbocycles. The van der Waals surface area contributed by atoms with Gasteiger partial charge in [-0.05, 0) is 27.2 Å². The van der Waals surface area contributed by atoms with Gasteiger partial charge in [-0.25, -0.2) is 9.34 Å². The molecule has 4 nitrogen and oxygen atoms in total. The highest BCUT2D eigenvalue weighted by Crippen LogP contribution is 2.57. The van der Waals surface area contributed by atoms with Crippen LogP contribution in [0.25, 0.3) is 0 Å². The lowest BCUT2D eigenvalue weighted by Gasteiger charge is -2.40. The van der Waals surface area contributed by atoms with Gasteiger partial charge in [0.15, 0.2) is 0 Å². The van der Waals surface area contributed by atoms with Crippen LogP contribution in [0.15, 0.2) is 0 Å². The van der Waals surface area contributed by atoms with Crippen molar-refractivity contribution in [2.75, 3.05) is 31.5 Å². The van der Waals surface area contributed by atoms with Gasteiger partial charge in [-0.15, -0.1) is 30.1 Å².